The fourth-order valence-electron chi connectivity index (χ4n) is 10.3. The van der Waals surface area contributed by atoms with E-state index in [1.54, 1.807) is 48.4 Å². The third kappa shape index (κ3) is 8.82. The van der Waals surface area contributed by atoms with Crippen LogP contribution in [0.3, 0.4) is 0 Å². The van der Waals surface area contributed by atoms with E-state index in [2.05, 4.69) is 37.7 Å². The molecule has 5 aliphatic rings. The quantitative estimate of drug-likeness (QED) is 0.167. The lowest BCUT2D eigenvalue weighted by molar-refractivity contribution is -0.146. The lowest BCUT2D eigenvalue weighted by atomic mass is 9.62. The summed E-state index contributed by atoms with van der Waals surface area (Å²) in [5.41, 5.74) is 3.41. The van der Waals surface area contributed by atoms with Gasteiger partial charge in [-0.3, -0.25) is 29.4 Å². The van der Waals surface area contributed by atoms with Crippen molar-refractivity contribution in [3.05, 3.63) is 59.3 Å². The van der Waals surface area contributed by atoms with Gasteiger partial charge in [-0.2, -0.15) is 4.98 Å². The first kappa shape index (κ1) is 44.4. The number of fused-ring (bicyclic) bond motifs is 1. The lowest BCUT2D eigenvalue weighted by Crippen LogP contribution is -2.63. The number of hydrogen-bond acceptors (Lipinski definition) is 11. The highest BCUT2D eigenvalue weighted by Gasteiger charge is 2.50. The largest absolute Gasteiger partial charge is 0.495 e. The second-order valence-corrected chi connectivity index (χ2v) is 18.1. The number of aliphatic hydroxyl groups excluding tert-OH is 1. The van der Waals surface area contributed by atoms with Crippen molar-refractivity contribution in [2.75, 3.05) is 60.4 Å². The van der Waals surface area contributed by atoms with Crippen molar-refractivity contribution in [3.8, 4) is 17.6 Å². The van der Waals surface area contributed by atoms with Crippen LogP contribution in [0.25, 0.3) is 0 Å². The molecule has 2 aliphatic carbocycles. The van der Waals surface area contributed by atoms with Crippen LogP contribution in [0.5, 0.6) is 5.75 Å². The number of rotatable bonds is 12. The van der Waals surface area contributed by atoms with E-state index in [-0.39, 0.29) is 54.2 Å². The summed E-state index contributed by atoms with van der Waals surface area (Å²) < 4.78 is 5.75. The number of hydrogen-bond donors (Lipinski definition) is 4. The summed E-state index contributed by atoms with van der Waals surface area (Å²) in [4.78, 5) is 81.2. The minimum Gasteiger partial charge on any atom is -0.495 e. The van der Waals surface area contributed by atoms with Gasteiger partial charge in [-0.15, -0.1) is 0 Å². The van der Waals surface area contributed by atoms with Crippen LogP contribution in [0.1, 0.15) is 112 Å². The van der Waals surface area contributed by atoms with Gasteiger partial charge in [-0.25, -0.2) is 9.78 Å². The van der Waals surface area contributed by atoms with Gasteiger partial charge in [0.2, 0.25) is 23.7 Å². The monoisotopic (exact) mass is 873 g/mol. The van der Waals surface area contributed by atoms with Crippen LogP contribution in [0.4, 0.5) is 33.6 Å². The highest BCUT2D eigenvalue weighted by Crippen LogP contribution is 2.48. The minimum atomic E-state index is -0.584. The van der Waals surface area contributed by atoms with Gasteiger partial charge < -0.3 is 35.2 Å². The van der Waals surface area contributed by atoms with Gasteiger partial charge >= 0.3 is 6.03 Å². The number of amides is 6. The number of urea groups is 1. The van der Waals surface area contributed by atoms with E-state index in [0.717, 1.165) is 55.5 Å². The van der Waals surface area contributed by atoms with Crippen molar-refractivity contribution in [2.24, 2.45) is 5.41 Å². The third-order valence-corrected chi connectivity index (χ3v) is 14.1. The van der Waals surface area contributed by atoms with Gasteiger partial charge in [0.15, 0.2) is 5.82 Å². The van der Waals surface area contributed by atoms with Crippen LogP contribution < -0.4 is 35.4 Å². The average molecular weight is 874 g/mol. The Morgan fingerprint density at radius 3 is 2.52 bits per heavy atom. The van der Waals surface area contributed by atoms with Crippen LogP contribution in [-0.4, -0.2) is 108 Å². The second-order valence-electron chi connectivity index (χ2n) is 18.1. The van der Waals surface area contributed by atoms with E-state index >= 15 is 0 Å². The maximum Gasteiger partial charge on any atom is 0.328 e. The Morgan fingerprint density at radius 2 is 1.81 bits per heavy atom. The molecule has 64 heavy (non-hydrogen) atoms. The molecule has 0 unspecified atom stereocenters. The molecule has 3 aliphatic heterocycles. The molecule has 0 radical (unpaired) electrons. The minimum absolute atomic E-state index is 0.0141. The smallest absolute Gasteiger partial charge is 0.328 e. The molecule has 8 rings (SSSR count). The summed E-state index contributed by atoms with van der Waals surface area (Å²) in [5.74, 6) is 7.41. The van der Waals surface area contributed by atoms with Crippen LogP contribution in [-0.2, 0) is 14.4 Å². The Balaban J connectivity index is 0.854. The number of aliphatic hydroxyl groups is 1. The number of aromatic nitrogens is 2. The first-order chi connectivity index (χ1) is 30.9. The van der Waals surface area contributed by atoms with E-state index in [1.165, 1.54) is 0 Å². The molecular weight excluding hydrogens is 815 g/mol. The van der Waals surface area contributed by atoms with Crippen molar-refractivity contribution in [2.45, 2.75) is 115 Å². The first-order valence-electron chi connectivity index (χ1n) is 22.7. The summed E-state index contributed by atoms with van der Waals surface area (Å²) in [6.07, 6.45) is 11.0. The number of nitrogens with one attached hydrogen (secondary N) is 3. The Labute approximate surface area is 374 Å². The van der Waals surface area contributed by atoms with Gasteiger partial charge in [-0.05, 0) is 94.2 Å². The van der Waals surface area contributed by atoms with Gasteiger partial charge in [0.1, 0.15) is 17.5 Å². The molecule has 4 heterocycles. The number of imide groups is 1. The van der Waals surface area contributed by atoms with E-state index in [0.29, 0.717) is 92.5 Å². The Kier molecular flexibility index (Phi) is 12.8. The summed E-state index contributed by atoms with van der Waals surface area (Å²) in [5, 5.41) is 19.1. The van der Waals surface area contributed by atoms with Crippen molar-refractivity contribution >= 4 is 58.5 Å². The average Bonchev–Trinajstić information content (AvgIpc) is 3.81. The Bertz CT molecular complexity index is 2370. The predicted octanol–water partition coefficient (Wildman–Crippen LogP) is 5.57. The number of anilines is 5. The van der Waals surface area contributed by atoms with Crippen LogP contribution in [0.15, 0.2) is 42.6 Å². The molecule has 16 heteroatoms. The van der Waals surface area contributed by atoms with Crippen molar-refractivity contribution in [1.29, 1.82) is 0 Å². The number of carbonyl (C=O) groups excluding carboxylic acids is 5. The van der Waals surface area contributed by atoms with E-state index < -0.39 is 11.6 Å². The van der Waals surface area contributed by atoms with Crippen LogP contribution >= 0.6 is 0 Å². The summed E-state index contributed by atoms with van der Waals surface area (Å²) in [6.45, 7) is 5.51. The Morgan fingerprint density at radius 1 is 1.05 bits per heavy atom. The molecule has 4 N–H and O–H groups in total. The summed E-state index contributed by atoms with van der Waals surface area (Å²) >= 11 is 0. The number of likely N-dealkylation sites (tertiary alicyclic amines) is 1. The van der Waals surface area contributed by atoms with Crippen LogP contribution in [0.2, 0.25) is 0 Å². The standard InChI is InChI=1S/C48H59N9O7/c1-5-36-44(62)54(3)38-28-49-45(52-42(38)57(36)34-13-7-8-14-34)50-35-18-17-33(27-39(35)64-4)43(61)53-48(24-26-58)22-20-47(21-23-48)29-55(30-47)41(60)16-9-6-11-32-12-10-15-37(31(32)2)56-25-19-40(59)51-46(56)63/h10,12,15,17-18,27-28,34,36,58H,5,7-9,13-14,16,19-26,29-30H2,1-4H3,(H,53,61)(H,49,50,52)(H,51,59,63)/t36-/m1/s1. The molecule has 0 bridgehead atoms. The Hall–Kier alpha value is -6.21. The normalized spacial score (nSPS) is 20.3. The maximum atomic E-state index is 13.9. The van der Waals surface area contributed by atoms with Gasteiger partial charge in [0.25, 0.3) is 5.91 Å². The van der Waals surface area contributed by atoms with E-state index in [1.807, 2.05) is 36.9 Å². The number of nitrogens with zero attached hydrogens (tertiary/aromatic N) is 6. The SMILES string of the molecule is CC[C@@H]1C(=O)N(C)c2cnc(Nc3ccc(C(=O)NC4(CCO)CCC5(CC4)CN(C(=O)CCC#Cc4cccc(N6CCC(=O)NC6=O)c4C)C5)cc3OC)nc2N1C1CCCC1. The van der Waals surface area contributed by atoms with E-state index in [4.69, 9.17) is 9.72 Å². The fraction of sp³-hybridized carbons (Fsp3) is 0.521. The first-order valence-corrected chi connectivity index (χ1v) is 22.7. The molecule has 1 spiro atoms. The zero-order valence-corrected chi connectivity index (χ0v) is 37.3. The van der Waals surface area contributed by atoms with Crippen molar-refractivity contribution < 1.29 is 33.8 Å². The number of methoxy groups -OCH3 is 1. The van der Waals surface area contributed by atoms with Crippen molar-refractivity contribution in [1.82, 2.24) is 25.5 Å². The summed E-state index contributed by atoms with van der Waals surface area (Å²) in [6, 6.07) is 10.3. The zero-order valence-electron chi connectivity index (χ0n) is 37.3. The van der Waals surface area contributed by atoms with Crippen LogP contribution in [0, 0.1) is 24.2 Å². The number of carbonyl (C=O) groups is 5. The molecule has 2 aromatic carbocycles. The summed E-state index contributed by atoms with van der Waals surface area (Å²) in [7, 11) is 3.32. The zero-order chi connectivity index (χ0) is 45.2. The maximum absolute atomic E-state index is 13.9. The van der Waals surface area contributed by atoms with Gasteiger partial charge in [-0.1, -0.05) is 37.7 Å². The molecule has 338 valence electrons. The molecule has 2 saturated carbocycles. The molecular formula is C48H59N9O7. The molecule has 16 nitrogen and oxygen atoms in total. The lowest BCUT2D eigenvalue weighted by Gasteiger charge is -2.56. The fourth-order valence-corrected chi connectivity index (χ4v) is 10.3. The number of likely N-dealkylation sites (N-methyl/N-ethyl adjacent to an activating group) is 1. The highest BCUT2D eigenvalue weighted by atomic mass is 16.5. The molecule has 4 fully saturated rings. The number of benzene rings is 2. The molecule has 1 aromatic heterocycles. The highest BCUT2D eigenvalue weighted by molar-refractivity contribution is 6.06. The van der Waals surface area contributed by atoms with Crippen molar-refractivity contribution in [3.63, 3.8) is 0 Å². The molecule has 2 saturated heterocycles. The topological polar surface area (TPSA) is 190 Å². The molecule has 1 atom stereocenters. The third-order valence-electron chi connectivity index (χ3n) is 14.1. The molecule has 6 amide bonds. The van der Waals surface area contributed by atoms with E-state index in [9.17, 15) is 29.1 Å². The molecule has 3 aromatic rings. The second kappa shape index (κ2) is 18.5. The van der Waals surface area contributed by atoms with Gasteiger partial charge in [0.05, 0.1) is 19.0 Å². The number of ether oxygens (including phenoxy) is 1. The predicted molar refractivity (Wildman–Crippen MR) is 243 cm³/mol. The van der Waals surface area contributed by atoms with Gasteiger partial charge in [0, 0.05) is 86.4 Å².